The van der Waals surface area contributed by atoms with Crippen LogP contribution in [-0.2, 0) is 13.6 Å². The molecule has 0 spiro atoms. The molecular formula is C16H28N4. The number of anilines is 1. The number of hydrogen-bond donors (Lipinski definition) is 1. The summed E-state index contributed by atoms with van der Waals surface area (Å²) in [5.74, 6) is 2.31. The van der Waals surface area contributed by atoms with Crippen LogP contribution in [0, 0.1) is 12.8 Å². The van der Waals surface area contributed by atoms with Gasteiger partial charge in [0, 0.05) is 31.7 Å². The molecule has 4 heteroatoms. The molecule has 0 unspecified atom stereocenters. The molecule has 1 aromatic heterocycles. The standard InChI is InChI=1S/C16H28N4/c1-4-9-17-10-15-12(2)18-19(3)16(15)20(14-7-8-14)11-13-5-6-13/h13-14,17H,4-11H2,1-3H3. The van der Waals surface area contributed by atoms with Gasteiger partial charge in [-0.2, -0.15) is 5.10 Å². The molecule has 0 amide bonds. The van der Waals surface area contributed by atoms with Crippen molar-refractivity contribution < 1.29 is 0 Å². The molecule has 0 atom stereocenters. The van der Waals surface area contributed by atoms with Crippen molar-refractivity contribution in [1.82, 2.24) is 15.1 Å². The van der Waals surface area contributed by atoms with E-state index in [4.69, 9.17) is 0 Å². The van der Waals surface area contributed by atoms with Gasteiger partial charge in [-0.25, -0.2) is 0 Å². The number of nitrogens with zero attached hydrogens (tertiary/aromatic N) is 3. The van der Waals surface area contributed by atoms with Crippen molar-refractivity contribution in [3.05, 3.63) is 11.3 Å². The minimum absolute atomic E-state index is 0.773. The molecule has 1 N–H and O–H groups in total. The summed E-state index contributed by atoms with van der Waals surface area (Å²) in [6, 6.07) is 0.773. The molecule has 4 nitrogen and oxygen atoms in total. The van der Waals surface area contributed by atoms with Gasteiger partial charge in [-0.1, -0.05) is 6.92 Å². The Hall–Kier alpha value is -1.03. The fourth-order valence-electron chi connectivity index (χ4n) is 3.02. The van der Waals surface area contributed by atoms with Crippen LogP contribution in [0.3, 0.4) is 0 Å². The third kappa shape index (κ3) is 3.00. The molecule has 1 heterocycles. The monoisotopic (exact) mass is 276 g/mol. The summed E-state index contributed by atoms with van der Waals surface area (Å²) in [4.78, 5) is 2.65. The van der Waals surface area contributed by atoms with Crippen molar-refractivity contribution in [3.63, 3.8) is 0 Å². The average molecular weight is 276 g/mol. The van der Waals surface area contributed by atoms with Crippen LogP contribution in [0.1, 0.15) is 50.3 Å². The van der Waals surface area contributed by atoms with Crippen LogP contribution in [0.15, 0.2) is 0 Å². The fourth-order valence-corrected chi connectivity index (χ4v) is 3.02. The van der Waals surface area contributed by atoms with Gasteiger partial charge in [0.2, 0.25) is 0 Å². The normalized spacial score (nSPS) is 18.6. The third-order valence-corrected chi connectivity index (χ3v) is 4.45. The highest BCUT2D eigenvalue weighted by atomic mass is 15.4. The summed E-state index contributed by atoms with van der Waals surface area (Å²) in [5, 5.41) is 8.23. The number of rotatable bonds is 8. The maximum Gasteiger partial charge on any atom is 0.131 e. The number of nitrogens with one attached hydrogen (secondary N) is 1. The zero-order chi connectivity index (χ0) is 14.1. The molecule has 0 aromatic carbocycles. The SMILES string of the molecule is CCCNCc1c(C)nn(C)c1N(CC1CC1)C1CC1. The molecule has 2 saturated carbocycles. The fraction of sp³-hybridized carbons (Fsp3) is 0.812. The Morgan fingerprint density at radius 1 is 1.30 bits per heavy atom. The third-order valence-electron chi connectivity index (χ3n) is 4.45. The highest BCUT2D eigenvalue weighted by Gasteiger charge is 2.36. The first-order valence-corrected chi connectivity index (χ1v) is 8.20. The van der Waals surface area contributed by atoms with Crippen LogP contribution in [0.25, 0.3) is 0 Å². The highest BCUT2D eigenvalue weighted by Crippen LogP contribution is 2.39. The minimum atomic E-state index is 0.773. The molecule has 2 aliphatic carbocycles. The predicted octanol–water partition coefficient (Wildman–Crippen LogP) is 2.61. The summed E-state index contributed by atoms with van der Waals surface area (Å²) in [6.07, 6.45) is 6.74. The smallest absolute Gasteiger partial charge is 0.131 e. The summed E-state index contributed by atoms with van der Waals surface area (Å²) in [7, 11) is 2.11. The van der Waals surface area contributed by atoms with Crippen molar-refractivity contribution in [2.75, 3.05) is 18.0 Å². The Balaban J connectivity index is 1.81. The van der Waals surface area contributed by atoms with Crippen LogP contribution in [0.5, 0.6) is 0 Å². The topological polar surface area (TPSA) is 33.1 Å². The molecule has 1 aromatic rings. The minimum Gasteiger partial charge on any atom is -0.353 e. The first-order chi connectivity index (χ1) is 9.70. The molecule has 0 radical (unpaired) electrons. The first-order valence-electron chi connectivity index (χ1n) is 8.20. The Bertz CT molecular complexity index is 457. The zero-order valence-corrected chi connectivity index (χ0v) is 13.2. The van der Waals surface area contributed by atoms with Gasteiger partial charge in [0.1, 0.15) is 5.82 Å². The van der Waals surface area contributed by atoms with E-state index < -0.39 is 0 Å². The van der Waals surface area contributed by atoms with Gasteiger partial charge in [0.15, 0.2) is 0 Å². The quantitative estimate of drug-likeness (QED) is 0.741. The van der Waals surface area contributed by atoms with Crippen LogP contribution >= 0.6 is 0 Å². The summed E-state index contributed by atoms with van der Waals surface area (Å²) < 4.78 is 2.11. The van der Waals surface area contributed by atoms with Gasteiger partial charge in [-0.15, -0.1) is 0 Å². The lowest BCUT2D eigenvalue weighted by Gasteiger charge is -2.26. The Morgan fingerprint density at radius 3 is 2.65 bits per heavy atom. The van der Waals surface area contributed by atoms with Gasteiger partial charge in [-0.05, 0) is 51.5 Å². The van der Waals surface area contributed by atoms with E-state index in [9.17, 15) is 0 Å². The summed E-state index contributed by atoms with van der Waals surface area (Å²) in [6.45, 7) is 7.64. The van der Waals surface area contributed by atoms with E-state index >= 15 is 0 Å². The maximum atomic E-state index is 4.68. The van der Waals surface area contributed by atoms with Crippen LogP contribution in [0.4, 0.5) is 5.82 Å². The van der Waals surface area contributed by atoms with Crippen LogP contribution in [-0.4, -0.2) is 28.9 Å². The molecule has 0 saturated heterocycles. The number of aromatic nitrogens is 2. The van der Waals surface area contributed by atoms with E-state index in [2.05, 4.69) is 40.9 Å². The van der Waals surface area contributed by atoms with Gasteiger partial charge in [-0.3, -0.25) is 4.68 Å². The molecule has 2 aliphatic rings. The molecule has 0 bridgehead atoms. The largest absolute Gasteiger partial charge is 0.353 e. The van der Waals surface area contributed by atoms with E-state index in [0.717, 1.165) is 25.0 Å². The van der Waals surface area contributed by atoms with E-state index in [1.165, 1.54) is 55.7 Å². The van der Waals surface area contributed by atoms with Crippen LogP contribution in [0.2, 0.25) is 0 Å². The molecule has 112 valence electrons. The van der Waals surface area contributed by atoms with Gasteiger partial charge in [0.25, 0.3) is 0 Å². The highest BCUT2D eigenvalue weighted by molar-refractivity contribution is 5.52. The Morgan fingerprint density at radius 2 is 2.05 bits per heavy atom. The summed E-state index contributed by atoms with van der Waals surface area (Å²) in [5.41, 5.74) is 2.60. The maximum absolute atomic E-state index is 4.68. The van der Waals surface area contributed by atoms with Gasteiger partial charge < -0.3 is 10.2 Å². The lowest BCUT2D eigenvalue weighted by molar-refractivity contribution is 0.646. The Labute approximate surface area is 122 Å². The van der Waals surface area contributed by atoms with Crippen molar-refractivity contribution in [3.8, 4) is 0 Å². The van der Waals surface area contributed by atoms with Crippen molar-refractivity contribution >= 4 is 5.82 Å². The molecule has 2 fully saturated rings. The lowest BCUT2D eigenvalue weighted by Crippen LogP contribution is -2.31. The van der Waals surface area contributed by atoms with Crippen molar-refractivity contribution in [2.24, 2.45) is 13.0 Å². The molecule has 3 rings (SSSR count). The first kappa shape index (κ1) is 13.9. The van der Waals surface area contributed by atoms with Crippen molar-refractivity contribution in [1.29, 1.82) is 0 Å². The molecule has 0 aliphatic heterocycles. The Kier molecular flexibility index (Phi) is 4.01. The van der Waals surface area contributed by atoms with E-state index in [0.29, 0.717) is 0 Å². The van der Waals surface area contributed by atoms with Crippen LogP contribution < -0.4 is 10.2 Å². The average Bonchev–Trinajstić information content (AvgIpc) is 3.28. The molecule has 20 heavy (non-hydrogen) atoms. The second-order valence-electron chi connectivity index (χ2n) is 6.51. The second-order valence-corrected chi connectivity index (χ2v) is 6.51. The second kappa shape index (κ2) is 5.76. The van der Waals surface area contributed by atoms with Gasteiger partial charge >= 0.3 is 0 Å². The number of hydrogen-bond acceptors (Lipinski definition) is 3. The van der Waals surface area contributed by atoms with Gasteiger partial charge in [0.05, 0.1) is 5.69 Å². The van der Waals surface area contributed by atoms with E-state index in [-0.39, 0.29) is 0 Å². The lowest BCUT2D eigenvalue weighted by atomic mass is 10.2. The van der Waals surface area contributed by atoms with Crippen molar-refractivity contribution in [2.45, 2.75) is 58.5 Å². The van der Waals surface area contributed by atoms with E-state index in [1.807, 2.05) is 0 Å². The predicted molar refractivity (Wildman–Crippen MR) is 83.0 cm³/mol. The molecular weight excluding hydrogens is 248 g/mol. The number of aryl methyl sites for hydroxylation is 2. The summed E-state index contributed by atoms with van der Waals surface area (Å²) >= 11 is 0. The zero-order valence-electron chi connectivity index (χ0n) is 13.2. The van der Waals surface area contributed by atoms with E-state index in [1.54, 1.807) is 0 Å².